The van der Waals surface area contributed by atoms with Crippen molar-refractivity contribution in [1.82, 2.24) is 26.2 Å². The van der Waals surface area contributed by atoms with E-state index in [-0.39, 0.29) is 30.2 Å². The third-order valence-electron chi connectivity index (χ3n) is 8.78. The van der Waals surface area contributed by atoms with Crippen molar-refractivity contribution in [3.63, 3.8) is 0 Å². The minimum absolute atomic E-state index is 0.0412. The molecule has 1 saturated heterocycles. The number of Topliss-reactive ketones (excluding diaryl/α,β-unsaturated/α-hetero) is 1. The molecule has 3 rings (SSSR count). The van der Waals surface area contributed by atoms with Crippen molar-refractivity contribution in [3.05, 3.63) is 48.0 Å². The number of nitrogens with zero attached hydrogens (tertiary/aromatic N) is 1. The van der Waals surface area contributed by atoms with Gasteiger partial charge in [-0.25, -0.2) is 4.79 Å². The van der Waals surface area contributed by atoms with Gasteiger partial charge in [0.05, 0.1) is 6.54 Å². The molecule has 1 saturated carbocycles. The number of carbonyl (C=O) groups is 6. The van der Waals surface area contributed by atoms with E-state index in [0.29, 0.717) is 6.54 Å². The molecule has 1 unspecified atom stereocenters. The van der Waals surface area contributed by atoms with E-state index < -0.39 is 71.2 Å². The Morgan fingerprint density at radius 2 is 1.70 bits per heavy atom. The molecule has 1 aromatic rings. The average molecular weight is 654 g/mol. The number of nitrogens with one attached hydrogen (secondary N) is 4. The highest BCUT2D eigenvalue weighted by Crippen LogP contribution is 2.65. The normalized spacial score (nSPS) is 21.0. The van der Waals surface area contributed by atoms with Crippen LogP contribution in [0.25, 0.3) is 0 Å². The van der Waals surface area contributed by atoms with E-state index in [9.17, 15) is 28.8 Å². The molecule has 0 bridgehead atoms. The molecule has 5 amide bonds. The molecular weight excluding hydrogens is 602 g/mol. The first kappa shape index (κ1) is 37.2. The van der Waals surface area contributed by atoms with Gasteiger partial charge >= 0.3 is 6.09 Å². The van der Waals surface area contributed by atoms with Crippen LogP contribution in [0.5, 0.6) is 0 Å². The monoisotopic (exact) mass is 653 g/mol. The van der Waals surface area contributed by atoms with Crippen molar-refractivity contribution in [2.45, 2.75) is 99.0 Å². The second-order valence-corrected chi connectivity index (χ2v) is 15.2. The largest absolute Gasteiger partial charge is 0.444 e. The molecule has 12 nitrogen and oxygen atoms in total. The van der Waals surface area contributed by atoms with E-state index in [0.717, 1.165) is 11.1 Å². The molecule has 2 fully saturated rings. The molecule has 1 aromatic carbocycles. The molecule has 47 heavy (non-hydrogen) atoms. The molecule has 1 aliphatic carbocycles. The number of ether oxygens (including phenoxy) is 1. The van der Waals surface area contributed by atoms with E-state index >= 15 is 0 Å². The third kappa shape index (κ3) is 9.42. The Morgan fingerprint density at radius 1 is 1.04 bits per heavy atom. The Labute approximate surface area is 277 Å². The Hall–Kier alpha value is -4.22. The summed E-state index contributed by atoms with van der Waals surface area (Å²) in [6.07, 6.45) is 0.621. The van der Waals surface area contributed by atoms with Crippen molar-refractivity contribution in [2.75, 3.05) is 13.1 Å². The van der Waals surface area contributed by atoms with Gasteiger partial charge < -0.3 is 30.9 Å². The average Bonchev–Trinajstić information content (AvgIpc) is 3.26. The molecule has 12 heteroatoms. The van der Waals surface area contributed by atoms with Crippen molar-refractivity contribution in [1.29, 1.82) is 0 Å². The van der Waals surface area contributed by atoms with Gasteiger partial charge in [0.1, 0.15) is 23.7 Å². The van der Waals surface area contributed by atoms with Gasteiger partial charge in [-0.15, -0.1) is 6.58 Å². The lowest BCUT2D eigenvalue weighted by Gasteiger charge is -2.38. The SMILES string of the molecule is C=CCC(NC(=O)[C@@H]1[C@H]2[C@@H](CN1C(=O)[C@@H](NC(=O)OC(C)(C)C)C(C)(C)C)C2(C)C)C(=O)C(=O)NCC(=O)NCc1cccc(C)c1. The van der Waals surface area contributed by atoms with Gasteiger partial charge in [0.15, 0.2) is 0 Å². The van der Waals surface area contributed by atoms with Crippen LogP contribution in [0, 0.1) is 29.6 Å². The zero-order valence-electron chi connectivity index (χ0n) is 29.1. The lowest BCUT2D eigenvalue weighted by Crippen LogP contribution is -2.60. The molecule has 258 valence electrons. The van der Waals surface area contributed by atoms with Crippen LogP contribution in [-0.4, -0.2) is 77.2 Å². The molecular formula is C35H51N5O7. The fourth-order valence-corrected chi connectivity index (χ4v) is 6.20. The maximum Gasteiger partial charge on any atom is 0.408 e. The third-order valence-corrected chi connectivity index (χ3v) is 8.78. The number of hydrogen-bond acceptors (Lipinski definition) is 7. The summed E-state index contributed by atoms with van der Waals surface area (Å²) in [6, 6.07) is 4.42. The Kier molecular flexibility index (Phi) is 11.3. The zero-order chi connectivity index (χ0) is 35.5. The van der Waals surface area contributed by atoms with E-state index in [1.165, 1.54) is 11.0 Å². The van der Waals surface area contributed by atoms with Crippen molar-refractivity contribution in [2.24, 2.45) is 22.7 Å². The summed E-state index contributed by atoms with van der Waals surface area (Å²) >= 11 is 0. The first-order chi connectivity index (χ1) is 21.7. The smallest absolute Gasteiger partial charge is 0.408 e. The molecule has 0 radical (unpaired) electrons. The van der Waals surface area contributed by atoms with Crippen LogP contribution in [0.3, 0.4) is 0 Å². The summed E-state index contributed by atoms with van der Waals surface area (Å²) in [5, 5.41) is 10.4. The number of ketones is 1. The van der Waals surface area contributed by atoms with E-state index in [4.69, 9.17) is 4.74 Å². The predicted molar refractivity (Wildman–Crippen MR) is 177 cm³/mol. The quantitative estimate of drug-likeness (QED) is 0.199. The number of carbonyl (C=O) groups excluding carboxylic acids is 6. The topological polar surface area (TPSA) is 163 Å². The summed E-state index contributed by atoms with van der Waals surface area (Å²) in [6.45, 7) is 20.4. The number of alkyl carbamates (subject to hydrolysis) is 1. The molecule has 0 spiro atoms. The van der Waals surface area contributed by atoms with Crippen LogP contribution < -0.4 is 21.3 Å². The highest BCUT2D eigenvalue weighted by Gasteiger charge is 2.70. The number of rotatable bonds is 12. The van der Waals surface area contributed by atoms with Gasteiger partial charge in [-0.2, -0.15) is 0 Å². The summed E-state index contributed by atoms with van der Waals surface area (Å²) < 4.78 is 5.40. The number of fused-ring (bicyclic) bond motifs is 1. The van der Waals surface area contributed by atoms with Crippen molar-refractivity contribution >= 4 is 35.5 Å². The highest BCUT2D eigenvalue weighted by atomic mass is 16.6. The summed E-state index contributed by atoms with van der Waals surface area (Å²) in [7, 11) is 0. The van der Waals surface area contributed by atoms with E-state index in [1.807, 2.05) is 65.8 Å². The highest BCUT2D eigenvalue weighted by molar-refractivity contribution is 6.38. The first-order valence-electron chi connectivity index (χ1n) is 16.0. The Balaban J connectivity index is 1.70. The zero-order valence-corrected chi connectivity index (χ0v) is 29.1. The van der Waals surface area contributed by atoms with Crippen LogP contribution in [0.15, 0.2) is 36.9 Å². The molecule has 0 aromatic heterocycles. The van der Waals surface area contributed by atoms with Crippen LogP contribution in [0.1, 0.15) is 72.9 Å². The maximum atomic E-state index is 14.0. The second-order valence-electron chi connectivity index (χ2n) is 15.2. The first-order valence-corrected chi connectivity index (χ1v) is 16.0. The lowest BCUT2D eigenvalue weighted by molar-refractivity contribution is -0.145. The van der Waals surface area contributed by atoms with Crippen LogP contribution in [0.2, 0.25) is 0 Å². The molecule has 1 heterocycles. The van der Waals surface area contributed by atoms with E-state index in [1.54, 1.807) is 20.8 Å². The summed E-state index contributed by atoms with van der Waals surface area (Å²) in [4.78, 5) is 80.4. The molecule has 2 aliphatic rings. The van der Waals surface area contributed by atoms with Crippen molar-refractivity contribution < 1.29 is 33.5 Å². The Morgan fingerprint density at radius 3 is 2.28 bits per heavy atom. The maximum absolute atomic E-state index is 14.0. The number of aryl methyl sites for hydroxylation is 1. The fourth-order valence-electron chi connectivity index (χ4n) is 6.20. The number of hydrogen-bond donors (Lipinski definition) is 4. The minimum atomic E-state index is -1.26. The molecule has 4 N–H and O–H groups in total. The van der Waals surface area contributed by atoms with Gasteiger partial charge in [0, 0.05) is 13.1 Å². The number of benzene rings is 1. The summed E-state index contributed by atoms with van der Waals surface area (Å²) in [5.74, 6) is -3.60. The van der Waals surface area contributed by atoms with Crippen LogP contribution >= 0.6 is 0 Å². The van der Waals surface area contributed by atoms with Gasteiger partial charge in [-0.3, -0.25) is 24.0 Å². The van der Waals surface area contributed by atoms with Crippen LogP contribution in [-0.2, 0) is 35.3 Å². The van der Waals surface area contributed by atoms with E-state index in [2.05, 4.69) is 27.8 Å². The standard InChI is InChI=1S/C35H51N5O7/c1-11-13-23(27(42)30(44)37-18-24(41)36-17-21-15-12-14-20(2)16-21)38-29(43)26-25-22(35(25,9)10)19-40(26)31(45)28(33(3,4)5)39-32(46)47-34(6,7)8/h11-12,14-16,22-23,25-26,28H,1,13,17-19H2,2-10H3,(H,36,41)(H,37,44)(H,38,43)(H,39,46)/t22-,23?,25-,26+,28-/m1/s1. The van der Waals surface area contributed by atoms with Gasteiger partial charge in [0.2, 0.25) is 23.5 Å². The molecule has 5 atom stereocenters. The van der Waals surface area contributed by atoms with Gasteiger partial charge in [-0.1, -0.05) is 70.5 Å². The number of amides is 5. The van der Waals surface area contributed by atoms with Gasteiger partial charge in [0.25, 0.3) is 5.91 Å². The lowest BCUT2D eigenvalue weighted by atomic mass is 9.85. The van der Waals surface area contributed by atoms with Crippen molar-refractivity contribution in [3.8, 4) is 0 Å². The predicted octanol–water partition coefficient (Wildman–Crippen LogP) is 2.78. The van der Waals surface area contributed by atoms with Crippen LogP contribution in [0.4, 0.5) is 4.79 Å². The number of piperidine rings is 1. The fraction of sp³-hybridized carbons (Fsp3) is 0.600. The van der Waals surface area contributed by atoms with Gasteiger partial charge in [-0.05, 0) is 62.3 Å². The minimum Gasteiger partial charge on any atom is -0.444 e. The second kappa shape index (κ2) is 14.3. The summed E-state index contributed by atoms with van der Waals surface area (Å²) in [5.41, 5.74) is 0.216. The molecule has 1 aliphatic heterocycles. The Bertz CT molecular complexity index is 1410. The number of likely N-dealkylation sites (tertiary alicyclic amines) is 1.